The van der Waals surface area contributed by atoms with Gasteiger partial charge in [-0.25, -0.2) is 9.18 Å². The SMILES string of the molecule is CC(C)N1Cc2c(N3CCNCC3)cccc2N(Cc2ccc(F)cc2)C1=O. The van der Waals surface area contributed by atoms with E-state index in [4.69, 9.17) is 0 Å². The monoisotopic (exact) mass is 382 g/mol. The second kappa shape index (κ2) is 7.80. The molecule has 0 aliphatic carbocycles. The number of urea groups is 1. The topological polar surface area (TPSA) is 38.8 Å². The summed E-state index contributed by atoms with van der Waals surface area (Å²) in [4.78, 5) is 19.4. The highest BCUT2D eigenvalue weighted by Gasteiger charge is 2.34. The molecule has 2 aliphatic heterocycles. The zero-order valence-corrected chi connectivity index (χ0v) is 16.5. The van der Waals surface area contributed by atoms with Crippen molar-refractivity contribution >= 4 is 17.4 Å². The van der Waals surface area contributed by atoms with E-state index in [2.05, 4.69) is 16.3 Å². The molecule has 2 amide bonds. The molecule has 2 aliphatic rings. The highest BCUT2D eigenvalue weighted by atomic mass is 19.1. The van der Waals surface area contributed by atoms with Crippen molar-refractivity contribution in [1.82, 2.24) is 10.2 Å². The predicted molar refractivity (Wildman–Crippen MR) is 110 cm³/mol. The molecule has 2 aromatic rings. The Bertz CT molecular complexity index is 846. The Morgan fingerprint density at radius 3 is 2.39 bits per heavy atom. The van der Waals surface area contributed by atoms with Crippen LogP contribution in [0.25, 0.3) is 0 Å². The molecule has 0 aromatic heterocycles. The fourth-order valence-electron chi connectivity index (χ4n) is 4.00. The van der Waals surface area contributed by atoms with E-state index in [-0.39, 0.29) is 17.9 Å². The lowest BCUT2D eigenvalue weighted by molar-refractivity contribution is 0.182. The van der Waals surface area contributed by atoms with Crippen LogP contribution in [0.3, 0.4) is 0 Å². The first-order chi connectivity index (χ1) is 13.5. The molecule has 1 N–H and O–H groups in total. The summed E-state index contributed by atoms with van der Waals surface area (Å²) in [7, 11) is 0. The quantitative estimate of drug-likeness (QED) is 0.878. The minimum Gasteiger partial charge on any atom is -0.369 e. The number of carbonyl (C=O) groups is 1. The van der Waals surface area contributed by atoms with Crippen LogP contribution in [0.15, 0.2) is 42.5 Å². The van der Waals surface area contributed by atoms with Gasteiger partial charge in [-0.3, -0.25) is 4.90 Å². The zero-order valence-electron chi connectivity index (χ0n) is 16.5. The highest BCUT2D eigenvalue weighted by molar-refractivity contribution is 5.96. The third-order valence-corrected chi connectivity index (χ3v) is 5.56. The van der Waals surface area contributed by atoms with Crippen molar-refractivity contribution in [2.45, 2.75) is 33.0 Å². The van der Waals surface area contributed by atoms with Gasteiger partial charge in [0.1, 0.15) is 5.82 Å². The molecule has 0 saturated carbocycles. The summed E-state index contributed by atoms with van der Waals surface area (Å²) in [6.07, 6.45) is 0. The third-order valence-electron chi connectivity index (χ3n) is 5.56. The number of nitrogens with zero attached hydrogens (tertiary/aromatic N) is 3. The van der Waals surface area contributed by atoms with Gasteiger partial charge in [0.2, 0.25) is 0 Å². The summed E-state index contributed by atoms with van der Waals surface area (Å²) >= 11 is 0. The Kier molecular flexibility index (Phi) is 5.22. The average Bonchev–Trinajstić information content (AvgIpc) is 2.71. The number of piperazine rings is 1. The molecule has 1 fully saturated rings. The molecule has 0 unspecified atom stereocenters. The number of anilines is 2. The zero-order chi connectivity index (χ0) is 19.7. The van der Waals surface area contributed by atoms with E-state index in [1.807, 2.05) is 35.8 Å². The minimum atomic E-state index is -0.265. The molecular weight excluding hydrogens is 355 g/mol. The number of hydrogen-bond donors (Lipinski definition) is 1. The lowest BCUT2D eigenvalue weighted by atomic mass is 10.0. The maximum atomic E-state index is 13.3. The fraction of sp³-hybridized carbons (Fsp3) is 0.409. The normalized spacial score (nSPS) is 17.3. The Labute approximate surface area is 165 Å². The summed E-state index contributed by atoms with van der Waals surface area (Å²) < 4.78 is 13.3. The van der Waals surface area contributed by atoms with E-state index < -0.39 is 0 Å². The van der Waals surface area contributed by atoms with Crippen LogP contribution in [0.1, 0.15) is 25.0 Å². The van der Waals surface area contributed by atoms with Gasteiger partial charge in [-0.1, -0.05) is 18.2 Å². The lowest BCUT2D eigenvalue weighted by Crippen LogP contribution is -2.50. The maximum absolute atomic E-state index is 13.3. The average molecular weight is 382 g/mol. The van der Waals surface area contributed by atoms with Crippen LogP contribution in [0, 0.1) is 5.82 Å². The molecule has 4 rings (SSSR count). The minimum absolute atomic E-state index is 0.00397. The first kappa shape index (κ1) is 18.7. The number of amides is 2. The van der Waals surface area contributed by atoms with E-state index in [1.54, 1.807) is 12.1 Å². The largest absolute Gasteiger partial charge is 0.369 e. The standard InChI is InChI=1S/C22H27FN4O/c1-16(2)26-15-19-20(25-12-10-24-11-13-25)4-3-5-21(19)27(22(26)28)14-17-6-8-18(23)9-7-17/h3-9,16,24H,10-15H2,1-2H3. The van der Waals surface area contributed by atoms with Crippen molar-refractivity contribution in [1.29, 1.82) is 0 Å². The maximum Gasteiger partial charge on any atom is 0.325 e. The van der Waals surface area contributed by atoms with E-state index in [1.165, 1.54) is 23.4 Å². The summed E-state index contributed by atoms with van der Waals surface area (Å²) in [5.74, 6) is -0.265. The molecule has 0 atom stereocenters. The van der Waals surface area contributed by atoms with Crippen molar-refractivity contribution < 1.29 is 9.18 Å². The number of nitrogens with one attached hydrogen (secondary N) is 1. The van der Waals surface area contributed by atoms with Crippen molar-refractivity contribution in [3.8, 4) is 0 Å². The van der Waals surface area contributed by atoms with Crippen LogP contribution in [-0.4, -0.2) is 43.2 Å². The fourth-order valence-corrected chi connectivity index (χ4v) is 4.00. The number of fused-ring (bicyclic) bond motifs is 1. The molecule has 1 saturated heterocycles. The summed E-state index contributed by atoms with van der Waals surface area (Å²) in [5.41, 5.74) is 4.28. The van der Waals surface area contributed by atoms with Crippen molar-refractivity contribution in [3.05, 3.63) is 59.4 Å². The molecular formula is C22H27FN4O. The smallest absolute Gasteiger partial charge is 0.325 e. The molecule has 28 heavy (non-hydrogen) atoms. The Balaban J connectivity index is 1.74. The molecule has 5 nitrogen and oxygen atoms in total. The molecule has 0 spiro atoms. The molecule has 2 heterocycles. The van der Waals surface area contributed by atoms with Crippen LogP contribution >= 0.6 is 0 Å². The van der Waals surface area contributed by atoms with Crippen molar-refractivity contribution in [3.63, 3.8) is 0 Å². The number of carbonyl (C=O) groups excluding carboxylic acids is 1. The Hall–Kier alpha value is -2.60. The van der Waals surface area contributed by atoms with E-state index in [0.717, 1.165) is 37.4 Å². The van der Waals surface area contributed by atoms with Crippen LogP contribution in [0.4, 0.5) is 20.6 Å². The summed E-state index contributed by atoms with van der Waals surface area (Å²) in [5, 5.41) is 3.40. The van der Waals surface area contributed by atoms with Crippen LogP contribution in [-0.2, 0) is 13.1 Å². The molecule has 0 radical (unpaired) electrons. The highest BCUT2D eigenvalue weighted by Crippen LogP contribution is 2.37. The van der Waals surface area contributed by atoms with Crippen LogP contribution in [0.5, 0.6) is 0 Å². The van der Waals surface area contributed by atoms with Gasteiger partial charge in [-0.05, 0) is 43.7 Å². The molecule has 0 bridgehead atoms. The number of halogens is 1. The van der Waals surface area contributed by atoms with E-state index in [0.29, 0.717) is 13.1 Å². The van der Waals surface area contributed by atoms with Gasteiger partial charge in [-0.2, -0.15) is 0 Å². The van der Waals surface area contributed by atoms with Gasteiger partial charge in [0.15, 0.2) is 0 Å². The van der Waals surface area contributed by atoms with Crippen molar-refractivity contribution in [2.24, 2.45) is 0 Å². The van der Waals surface area contributed by atoms with Crippen LogP contribution in [0.2, 0.25) is 0 Å². The Morgan fingerprint density at radius 1 is 1.04 bits per heavy atom. The lowest BCUT2D eigenvalue weighted by Gasteiger charge is -2.42. The van der Waals surface area contributed by atoms with Gasteiger partial charge in [0.05, 0.1) is 18.8 Å². The van der Waals surface area contributed by atoms with Gasteiger partial charge in [-0.15, -0.1) is 0 Å². The predicted octanol–water partition coefficient (Wildman–Crippen LogP) is 3.59. The molecule has 148 valence electrons. The first-order valence-electron chi connectivity index (χ1n) is 9.94. The molecule has 6 heteroatoms. The van der Waals surface area contributed by atoms with Crippen LogP contribution < -0.4 is 15.1 Å². The van der Waals surface area contributed by atoms with Gasteiger partial charge < -0.3 is 15.1 Å². The summed E-state index contributed by atoms with van der Waals surface area (Å²) in [6, 6.07) is 12.7. The first-order valence-corrected chi connectivity index (χ1v) is 9.94. The Morgan fingerprint density at radius 2 is 1.71 bits per heavy atom. The van der Waals surface area contributed by atoms with E-state index >= 15 is 0 Å². The number of benzene rings is 2. The second-order valence-corrected chi connectivity index (χ2v) is 7.73. The summed E-state index contributed by atoms with van der Waals surface area (Å²) in [6.45, 7) is 9.00. The van der Waals surface area contributed by atoms with Gasteiger partial charge in [0, 0.05) is 43.5 Å². The van der Waals surface area contributed by atoms with E-state index in [9.17, 15) is 9.18 Å². The third kappa shape index (κ3) is 3.56. The number of rotatable bonds is 4. The second-order valence-electron chi connectivity index (χ2n) is 7.73. The van der Waals surface area contributed by atoms with Gasteiger partial charge in [0.25, 0.3) is 0 Å². The van der Waals surface area contributed by atoms with Crippen molar-refractivity contribution in [2.75, 3.05) is 36.0 Å². The molecule has 2 aromatic carbocycles. The van der Waals surface area contributed by atoms with Gasteiger partial charge >= 0.3 is 6.03 Å². The number of hydrogen-bond acceptors (Lipinski definition) is 3.